The zero-order valence-corrected chi connectivity index (χ0v) is 8.49. The largest absolute Gasteiger partial charge is 0.370 e. The van der Waals surface area contributed by atoms with Gasteiger partial charge in [-0.2, -0.15) is 0 Å². The molecular formula is C10H17N3O. The van der Waals surface area contributed by atoms with E-state index in [1.165, 1.54) is 5.69 Å². The van der Waals surface area contributed by atoms with E-state index < -0.39 is 0 Å². The summed E-state index contributed by atoms with van der Waals surface area (Å²) < 4.78 is 2.07. The molecule has 0 bridgehead atoms. The number of nitrogens with one attached hydrogen (secondary N) is 1. The summed E-state index contributed by atoms with van der Waals surface area (Å²) in [4.78, 5) is 10.4. The number of aromatic nitrogens is 1. The Kier molecular flexibility index (Phi) is 4.19. The summed E-state index contributed by atoms with van der Waals surface area (Å²) in [5.41, 5.74) is 6.26. The minimum absolute atomic E-state index is 0.231. The molecule has 14 heavy (non-hydrogen) atoms. The molecule has 0 aliphatic rings. The molecule has 0 aliphatic carbocycles. The molecule has 1 rings (SSSR count). The summed E-state index contributed by atoms with van der Waals surface area (Å²) in [7, 11) is 2.01. The lowest BCUT2D eigenvalue weighted by Gasteiger charge is -2.04. The summed E-state index contributed by atoms with van der Waals surface area (Å²) in [5.74, 6) is -0.231. The standard InChI is InChI=1S/C10H17N3O/c1-13-7-3-4-9(13)8-12-6-2-5-10(11)14/h3-4,7,12H,2,5-6,8H2,1H3,(H2,11,14). The Labute approximate surface area is 84.1 Å². The number of rotatable bonds is 6. The molecule has 4 nitrogen and oxygen atoms in total. The molecule has 0 aliphatic heterocycles. The molecular weight excluding hydrogens is 178 g/mol. The number of carbonyl (C=O) groups excluding carboxylic acids is 1. The van der Waals surface area contributed by atoms with Crippen molar-refractivity contribution in [1.29, 1.82) is 0 Å². The SMILES string of the molecule is Cn1cccc1CNCCCC(N)=O. The first-order valence-electron chi connectivity index (χ1n) is 4.79. The third-order valence-electron chi connectivity index (χ3n) is 2.13. The Morgan fingerprint density at radius 2 is 2.43 bits per heavy atom. The number of amides is 1. The number of nitrogens with zero attached hydrogens (tertiary/aromatic N) is 1. The van der Waals surface area contributed by atoms with Crippen LogP contribution in [-0.4, -0.2) is 17.0 Å². The number of aryl methyl sites for hydroxylation is 1. The lowest BCUT2D eigenvalue weighted by atomic mass is 10.3. The summed E-state index contributed by atoms with van der Waals surface area (Å²) in [6.45, 7) is 1.66. The summed E-state index contributed by atoms with van der Waals surface area (Å²) in [5, 5.41) is 3.26. The van der Waals surface area contributed by atoms with Gasteiger partial charge in [-0.3, -0.25) is 4.79 Å². The molecule has 0 saturated heterocycles. The van der Waals surface area contributed by atoms with E-state index in [1.807, 2.05) is 19.3 Å². The Bertz CT molecular complexity index is 293. The number of carbonyl (C=O) groups is 1. The number of primary amides is 1. The van der Waals surface area contributed by atoms with E-state index in [1.54, 1.807) is 0 Å². The van der Waals surface area contributed by atoms with Crippen LogP contribution in [0.2, 0.25) is 0 Å². The predicted octanol–water partition coefficient (Wildman–Crippen LogP) is 0.380. The molecule has 0 fully saturated rings. The highest BCUT2D eigenvalue weighted by Crippen LogP contribution is 1.98. The van der Waals surface area contributed by atoms with E-state index in [0.717, 1.165) is 19.5 Å². The second-order valence-electron chi connectivity index (χ2n) is 3.36. The van der Waals surface area contributed by atoms with Gasteiger partial charge >= 0.3 is 0 Å². The van der Waals surface area contributed by atoms with Crippen LogP contribution in [-0.2, 0) is 18.4 Å². The van der Waals surface area contributed by atoms with E-state index >= 15 is 0 Å². The van der Waals surface area contributed by atoms with Crippen molar-refractivity contribution in [3.8, 4) is 0 Å². The lowest BCUT2D eigenvalue weighted by Crippen LogP contribution is -2.19. The van der Waals surface area contributed by atoms with Crippen LogP contribution in [0.3, 0.4) is 0 Å². The molecule has 0 atom stereocenters. The van der Waals surface area contributed by atoms with E-state index in [-0.39, 0.29) is 5.91 Å². The van der Waals surface area contributed by atoms with Crippen molar-refractivity contribution in [1.82, 2.24) is 9.88 Å². The van der Waals surface area contributed by atoms with Crippen LogP contribution >= 0.6 is 0 Å². The molecule has 1 heterocycles. The topological polar surface area (TPSA) is 60.1 Å². The van der Waals surface area contributed by atoms with Gasteiger partial charge < -0.3 is 15.6 Å². The van der Waals surface area contributed by atoms with Gasteiger partial charge in [0.2, 0.25) is 5.91 Å². The summed E-state index contributed by atoms with van der Waals surface area (Å²) in [6, 6.07) is 4.08. The van der Waals surface area contributed by atoms with Crippen molar-refractivity contribution in [2.75, 3.05) is 6.54 Å². The van der Waals surface area contributed by atoms with Crippen LogP contribution in [0.15, 0.2) is 18.3 Å². The summed E-state index contributed by atoms with van der Waals surface area (Å²) in [6.07, 6.45) is 3.28. The van der Waals surface area contributed by atoms with Gasteiger partial charge in [-0.05, 0) is 25.1 Å². The first kappa shape index (κ1) is 10.8. The van der Waals surface area contributed by atoms with Crippen molar-refractivity contribution in [2.45, 2.75) is 19.4 Å². The smallest absolute Gasteiger partial charge is 0.217 e. The highest BCUT2D eigenvalue weighted by atomic mass is 16.1. The zero-order valence-electron chi connectivity index (χ0n) is 8.49. The van der Waals surface area contributed by atoms with E-state index in [0.29, 0.717) is 6.42 Å². The first-order chi connectivity index (χ1) is 6.70. The maximum atomic E-state index is 10.4. The van der Waals surface area contributed by atoms with Crippen LogP contribution < -0.4 is 11.1 Å². The second-order valence-corrected chi connectivity index (χ2v) is 3.36. The molecule has 1 aromatic heterocycles. The van der Waals surface area contributed by atoms with Gasteiger partial charge in [-0.15, -0.1) is 0 Å². The van der Waals surface area contributed by atoms with Gasteiger partial charge in [0.15, 0.2) is 0 Å². The summed E-state index contributed by atoms with van der Waals surface area (Å²) >= 11 is 0. The van der Waals surface area contributed by atoms with E-state index in [9.17, 15) is 4.79 Å². The minimum Gasteiger partial charge on any atom is -0.370 e. The molecule has 0 aromatic carbocycles. The molecule has 1 aromatic rings. The number of hydrogen-bond acceptors (Lipinski definition) is 2. The van der Waals surface area contributed by atoms with Gasteiger partial charge in [0.25, 0.3) is 0 Å². The molecule has 0 saturated carbocycles. The fraction of sp³-hybridized carbons (Fsp3) is 0.500. The number of nitrogens with two attached hydrogens (primary N) is 1. The normalized spacial score (nSPS) is 10.4. The molecule has 0 spiro atoms. The minimum atomic E-state index is -0.231. The van der Waals surface area contributed by atoms with Gasteiger partial charge in [-0.25, -0.2) is 0 Å². The monoisotopic (exact) mass is 195 g/mol. The second kappa shape index (κ2) is 5.44. The quantitative estimate of drug-likeness (QED) is 0.645. The van der Waals surface area contributed by atoms with Crippen molar-refractivity contribution in [3.63, 3.8) is 0 Å². The van der Waals surface area contributed by atoms with Crippen LogP contribution in [0.4, 0.5) is 0 Å². The van der Waals surface area contributed by atoms with Crippen LogP contribution in [0, 0.1) is 0 Å². The average molecular weight is 195 g/mol. The average Bonchev–Trinajstić information content (AvgIpc) is 2.51. The van der Waals surface area contributed by atoms with Gasteiger partial charge in [0.05, 0.1) is 0 Å². The van der Waals surface area contributed by atoms with Crippen LogP contribution in [0.1, 0.15) is 18.5 Å². The maximum absolute atomic E-state index is 10.4. The number of hydrogen-bond donors (Lipinski definition) is 2. The Balaban J connectivity index is 2.10. The highest BCUT2D eigenvalue weighted by molar-refractivity contribution is 5.73. The first-order valence-corrected chi connectivity index (χ1v) is 4.79. The van der Waals surface area contributed by atoms with Crippen molar-refractivity contribution < 1.29 is 4.79 Å². The fourth-order valence-corrected chi connectivity index (χ4v) is 1.28. The van der Waals surface area contributed by atoms with Crippen LogP contribution in [0.5, 0.6) is 0 Å². The van der Waals surface area contributed by atoms with E-state index in [2.05, 4.69) is 16.0 Å². The lowest BCUT2D eigenvalue weighted by molar-refractivity contribution is -0.118. The Morgan fingerprint density at radius 1 is 1.64 bits per heavy atom. The van der Waals surface area contributed by atoms with E-state index in [4.69, 9.17) is 5.73 Å². The van der Waals surface area contributed by atoms with Crippen molar-refractivity contribution >= 4 is 5.91 Å². The van der Waals surface area contributed by atoms with Gasteiger partial charge in [-0.1, -0.05) is 0 Å². The third kappa shape index (κ3) is 3.62. The predicted molar refractivity (Wildman–Crippen MR) is 55.5 cm³/mol. The Morgan fingerprint density at radius 3 is 3.00 bits per heavy atom. The Hall–Kier alpha value is -1.29. The van der Waals surface area contributed by atoms with Crippen molar-refractivity contribution in [2.24, 2.45) is 12.8 Å². The molecule has 0 unspecified atom stereocenters. The maximum Gasteiger partial charge on any atom is 0.217 e. The molecule has 1 amide bonds. The highest BCUT2D eigenvalue weighted by Gasteiger charge is 1.97. The molecule has 78 valence electrons. The van der Waals surface area contributed by atoms with Crippen molar-refractivity contribution in [3.05, 3.63) is 24.0 Å². The van der Waals surface area contributed by atoms with Gasteiger partial charge in [0.1, 0.15) is 0 Å². The van der Waals surface area contributed by atoms with Crippen LogP contribution in [0.25, 0.3) is 0 Å². The fourth-order valence-electron chi connectivity index (χ4n) is 1.28. The molecule has 3 N–H and O–H groups in total. The molecule has 4 heteroatoms. The zero-order chi connectivity index (χ0) is 10.4. The third-order valence-corrected chi connectivity index (χ3v) is 2.13. The van der Waals surface area contributed by atoms with Gasteiger partial charge in [0, 0.05) is 31.9 Å². The molecule has 0 radical (unpaired) electrons.